The van der Waals surface area contributed by atoms with E-state index >= 15 is 0 Å². The van der Waals surface area contributed by atoms with Crippen molar-refractivity contribution in [2.75, 3.05) is 6.54 Å². The maximum atomic E-state index is 11.4. The smallest absolute Gasteiger partial charge is 0.285 e. The molecule has 1 heterocycles. The van der Waals surface area contributed by atoms with Crippen LogP contribution in [-0.2, 0) is 6.54 Å². The summed E-state index contributed by atoms with van der Waals surface area (Å²) in [6.45, 7) is 5.03. The van der Waals surface area contributed by atoms with Crippen molar-refractivity contribution in [1.82, 2.24) is 9.88 Å². The molecule has 1 aromatic heterocycles. The predicted molar refractivity (Wildman–Crippen MR) is 60.5 cm³/mol. The van der Waals surface area contributed by atoms with Crippen molar-refractivity contribution in [2.24, 2.45) is 0 Å². The van der Waals surface area contributed by atoms with Crippen LogP contribution in [0.15, 0.2) is 23.1 Å². The molecule has 1 aromatic rings. The van der Waals surface area contributed by atoms with Gasteiger partial charge >= 0.3 is 0 Å². The molecular formula is C10H15N3O3. The minimum absolute atomic E-state index is 0.0656. The summed E-state index contributed by atoms with van der Waals surface area (Å²) in [4.78, 5) is 21.4. The van der Waals surface area contributed by atoms with Gasteiger partial charge in [-0.25, -0.2) is 0 Å². The van der Waals surface area contributed by atoms with Crippen LogP contribution >= 0.6 is 0 Å². The molecule has 0 aliphatic heterocycles. The Balaban J connectivity index is 2.75. The fourth-order valence-corrected chi connectivity index (χ4v) is 1.28. The van der Waals surface area contributed by atoms with Crippen molar-refractivity contribution >= 4 is 5.69 Å². The number of nitro groups is 1. The van der Waals surface area contributed by atoms with Gasteiger partial charge in [0.2, 0.25) is 0 Å². The van der Waals surface area contributed by atoms with E-state index in [0.717, 1.165) is 0 Å². The third kappa shape index (κ3) is 3.47. The summed E-state index contributed by atoms with van der Waals surface area (Å²) in [5, 5.41) is 13.7. The number of rotatable bonds is 5. The van der Waals surface area contributed by atoms with E-state index in [9.17, 15) is 14.9 Å². The van der Waals surface area contributed by atoms with E-state index in [1.807, 2.05) is 13.8 Å². The SMILES string of the molecule is CC(C)NCCn1cc([N+](=O)[O-])ccc1=O. The van der Waals surface area contributed by atoms with Gasteiger partial charge < -0.3 is 9.88 Å². The molecule has 0 fully saturated rings. The molecule has 0 bridgehead atoms. The number of nitrogens with zero attached hydrogens (tertiary/aromatic N) is 2. The van der Waals surface area contributed by atoms with E-state index in [0.29, 0.717) is 19.1 Å². The molecule has 0 aromatic carbocycles. The maximum absolute atomic E-state index is 11.4. The minimum atomic E-state index is -0.508. The van der Waals surface area contributed by atoms with E-state index in [1.54, 1.807) is 0 Å². The zero-order valence-electron chi connectivity index (χ0n) is 9.34. The molecule has 0 spiro atoms. The van der Waals surface area contributed by atoms with Gasteiger partial charge in [0.1, 0.15) is 0 Å². The molecule has 6 heteroatoms. The zero-order chi connectivity index (χ0) is 12.1. The van der Waals surface area contributed by atoms with Crippen molar-refractivity contribution in [3.05, 3.63) is 38.8 Å². The van der Waals surface area contributed by atoms with Crippen molar-refractivity contribution in [3.8, 4) is 0 Å². The quantitative estimate of drug-likeness (QED) is 0.592. The van der Waals surface area contributed by atoms with Crippen LogP contribution < -0.4 is 10.9 Å². The maximum Gasteiger partial charge on any atom is 0.285 e. The lowest BCUT2D eigenvalue weighted by Crippen LogP contribution is -2.30. The highest BCUT2D eigenvalue weighted by Crippen LogP contribution is 2.05. The highest BCUT2D eigenvalue weighted by Gasteiger charge is 2.07. The van der Waals surface area contributed by atoms with Crippen LogP contribution in [0.3, 0.4) is 0 Å². The summed E-state index contributed by atoms with van der Waals surface area (Å²) in [5.41, 5.74) is -0.291. The summed E-state index contributed by atoms with van der Waals surface area (Å²) >= 11 is 0. The second-order valence-electron chi connectivity index (χ2n) is 3.78. The Labute approximate surface area is 93.1 Å². The summed E-state index contributed by atoms with van der Waals surface area (Å²) in [5.74, 6) is 0. The first-order valence-corrected chi connectivity index (χ1v) is 5.09. The van der Waals surface area contributed by atoms with Crippen LogP contribution in [0.2, 0.25) is 0 Å². The first-order chi connectivity index (χ1) is 7.50. The highest BCUT2D eigenvalue weighted by atomic mass is 16.6. The van der Waals surface area contributed by atoms with Gasteiger partial charge in [-0.2, -0.15) is 0 Å². The third-order valence-corrected chi connectivity index (χ3v) is 2.08. The fraction of sp³-hybridized carbons (Fsp3) is 0.500. The van der Waals surface area contributed by atoms with Gasteiger partial charge in [-0.1, -0.05) is 13.8 Å². The average Bonchev–Trinajstić information content (AvgIpc) is 2.20. The number of aromatic nitrogens is 1. The molecular weight excluding hydrogens is 210 g/mol. The highest BCUT2D eigenvalue weighted by molar-refractivity contribution is 5.24. The van der Waals surface area contributed by atoms with E-state index in [2.05, 4.69) is 5.32 Å². The second kappa shape index (κ2) is 5.41. The summed E-state index contributed by atoms with van der Waals surface area (Å²) in [6.07, 6.45) is 1.27. The summed E-state index contributed by atoms with van der Waals surface area (Å²) in [7, 11) is 0. The standard InChI is InChI=1S/C10H15N3O3/c1-8(2)11-5-6-12-7-9(13(15)16)3-4-10(12)14/h3-4,7-8,11H,5-6H2,1-2H3. The van der Waals surface area contributed by atoms with E-state index < -0.39 is 4.92 Å². The van der Waals surface area contributed by atoms with Crippen LogP contribution in [-0.4, -0.2) is 22.1 Å². The van der Waals surface area contributed by atoms with Gasteiger partial charge in [0, 0.05) is 31.3 Å². The largest absolute Gasteiger partial charge is 0.313 e. The molecule has 16 heavy (non-hydrogen) atoms. The molecule has 88 valence electrons. The lowest BCUT2D eigenvalue weighted by Gasteiger charge is -2.09. The monoisotopic (exact) mass is 225 g/mol. The lowest BCUT2D eigenvalue weighted by atomic mass is 10.4. The predicted octanol–water partition coefficient (Wildman–Crippen LogP) is 0.754. The molecule has 0 saturated carbocycles. The molecule has 6 nitrogen and oxygen atoms in total. The molecule has 0 unspecified atom stereocenters. The van der Waals surface area contributed by atoms with Gasteiger partial charge in [-0.3, -0.25) is 14.9 Å². The molecule has 0 aliphatic carbocycles. The van der Waals surface area contributed by atoms with E-state index in [-0.39, 0.29) is 11.2 Å². The van der Waals surface area contributed by atoms with Crippen molar-refractivity contribution in [2.45, 2.75) is 26.4 Å². The minimum Gasteiger partial charge on any atom is -0.313 e. The first-order valence-electron chi connectivity index (χ1n) is 5.09. The lowest BCUT2D eigenvalue weighted by molar-refractivity contribution is -0.385. The van der Waals surface area contributed by atoms with Gasteiger partial charge in [0.15, 0.2) is 0 Å². The molecule has 1 N–H and O–H groups in total. The van der Waals surface area contributed by atoms with Crippen LogP contribution in [0.4, 0.5) is 5.69 Å². The Morgan fingerprint density at radius 1 is 1.50 bits per heavy atom. The van der Waals surface area contributed by atoms with E-state index in [4.69, 9.17) is 0 Å². The van der Waals surface area contributed by atoms with Crippen LogP contribution in [0.5, 0.6) is 0 Å². The fourth-order valence-electron chi connectivity index (χ4n) is 1.28. The zero-order valence-corrected chi connectivity index (χ0v) is 9.34. The normalized spacial score (nSPS) is 10.7. The number of pyridine rings is 1. The number of hydrogen-bond acceptors (Lipinski definition) is 4. The third-order valence-electron chi connectivity index (χ3n) is 2.08. The van der Waals surface area contributed by atoms with Crippen molar-refractivity contribution in [1.29, 1.82) is 0 Å². The average molecular weight is 225 g/mol. The Morgan fingerprint density at radius 3 is 2.75 bits per heavy atom. The summed E-state index contributed by atoms with van der Waals surface area (Å²) < 4.78 is 1.34. The van der Waals surface area contributed by atoms with Crippen LogP contribution in [0, 0.1) is 10.1 Å². The summed E-state index contributed by atoms with van der Waals surface area (Å²) in [6, 6.07) is 2.76. The Hall–Kier alpha value is -1.69. The molecule has 0 atom stereocenters. The van der Waals surface area contributed by atoms with Gasteiger partial charge in [-0.15, -0.1) is 0 Å². The molecule has 0 amide bonds. The molecule has 0 aliphatic rings. The Morgan fingerprint density at radius 2 is 2.19 bits per heavy atom. The molecule has 1 rings (SSSR count). The number of hydrogen-bond donors (Lipinski definition) is 1. The van der Waals surface area contributed by atoms with Crippen molar-refractivity contribution in [3.63, 3.8) is 0 Å². The van der Waals surface area contributed by atoms with E-state index in [1.165, 1.54) is 22.9 Å². The van der Waals surface area contributed by atoms with Crippen molar-refractivity contribution < 1.29 is 4.92 Å². The Kier molecular flexibility index (Phi) is 4.19. The van der Waals surface area contributed by atoms with Gasteiger partial charge in [-0.05, 0) is 0 Å². The topological polar surface area (TPSA) is 77.2 Å². The second-order valence-corrected chi connectivity index (χ2v) is 3.78. The van der Waals surface area contributed by atoms with Gasteiger partial charge in [0.25, 0.3) is 11.2 Å². The molecule has 0 saturated heterocycles. The van der Waals surface area contributed by atoms with Crippen LogP contribution in [0.25, 0.3) is 0 Å². The molecule has 0 radical (unpaired) electrons. The number of nitrogens with one attached hydrogen (secondary N) is 1. The van der Waals surface area contributed by atoms with Gasteiger partial charge in [0.05, 0.1) is 11.1 Å². The first kappa shape index (κ1) is 12.4. The Bertz CT molecular complexity index is 426. The van der Waals surface area contributed by atoms with Crippen LogP contribution in [0.1, 0.15) is 13.8 Å².